The third kappa shape index (κ3) is 15.2. The quantitative estimate of drug-likeness (QED) is 0.0964. The fraction of sp³-hybridized carbons (Fsp3) is 0.0360. The van der Waals surface area contributed by atoms with Crippen LogP contribution in [-0.2, 0) is 6.42 Å². The number of pyridine rings is 4. The Bertz CT molecular complexity index is 9940. The van der Waals surface area contributed by atoms with Gasteiger partial charge in [-0.25, -0.2) is 19.9 Å². The predicted octanol–water partition coefficient (Wildman–Crippen LogP) is 35.9. The second kappa shape index (κ2) is 36.9. The lowest BCUT2D eigenvalue weighted by Crippen LogP contribution is -1.99. The summed E-state index contributed by atoms with van der Waals surface area (Å²) in [6.07, 6.45) is 2.30. The minimum absolute atomic E-state index is 0.674. The number of fused-ring (bicyclic) bond motifs is 21. The van der Waals surface area contributed by atoms with Crippen molar-refractivity contribution in [1.29, 1.82) is 0 Å². The molecule has 150 heavy (non-hydrogen) atoms. The van der Waals surface area contributed by atoms with Crippen LogP contribution in [0.5, 0.6) is 0 Å². The molecular weight excluding hydrogens is 1820 g/mol. The van der Waals surface area contributed by atoms with Gasteiger partial charge in [0, 0.05) is 116 Å². The molecule has 1 atom stereocenters. The van der Waals surface area contributed by atoms with Gasteiger partial charge in [0.05, 0.1) is 122 Å². The fourth-order valence-electron chi connectivity index (χ4n) is 23.1. The summed E-state index contributed by atoms with van der Waals surface area (Å²) in [5.74, 6) is 0.674. The molecule has 0 N–H and O–H groups in total. The minimum Gasteiger partial charge on any atom is -0.309 e. The van der Waals surface area contributed by atoms with Gasteiger partial charge in [0.15, 0.2) is 0 Å². The van der Waals surface area contributed by atoms with Crippen molar-refractivity contribution in [1.82, 2.24) is 51.9 Å². The zero-order valence-electron chi connectivity index (χ0n) is 82.6. The Labute approximate surface area is 865 Å². The number of nitrogens with zero attached hydrogens (tertiary/aromatic N) is 11. The average Bonchev–Trinajstić information content (AvgIpc) is 1.58. The molecular formula is C139H97N11. The van der Waals surface area contributed by atoms with Crippen molar-refractivity contribution in [3.8, 4) is 107 Å². The summed E-state index contributed by atoms with van der Waals surface area (Å²) in [6, 6.07) is 187. The lowest BCUT2D eigenvalue weighted by atomic mass is 9.99. The molecule has 30 aromatic rings. The Balaban J connectivity index is 0.000000109. The van der Waals surface area contributed by atoms with Crippen LogP contribution in [0, 0.1) is 5.92 Å². The smallest absolute Gasteiger partial charge is 0.0971 e. The minimum atomic E-state index is 0.674. The van der Waals surface area contributed by atoms with E-state index >= 15 is 0 Å². The van der Waals surface area contributed by atoms with Crippen molar-refractivity contribution < 1.29 is 0 Å². The Hall–Kier alpha value is -19.6. The fourth-order valence-corrected chi connectivity index (χ4v) is 23.1. The highest BCUT2D eigenvalue weighted by atomic mass is 15.1. The molecule has 0 fully saturated rings. The van der Waals surface area contributed by atoms with Crippen molar-refractivity contribution in [2.45, 2.75) is 26.7 Å². The summed E-state index contributed by atoms with van der Waals surface area (Å²) in [5.41, 5.74) is 42.2. The van der Waals surface area contributed by atoms with Gasteiger partial charge in [0.25, 0.3) is 0 Å². The molecule has 0 spiro atoms. The van der Waals surface area contributed by atoms with E-state index in [1.54, 1.807) is 0 Å². The Morgan fingerprint density at radius 2 is 0.407 bits per heavy atom. The van der Waals surface area contributed by atoms with E-state index in [9.17, 15) is 0 Å². The van der Waals surface area contributed by atoms with Crippen LogP contribution in [0.15, 0.2) is 522 Å². The zero-order chi connectivity index (χ0) is 99.4. The molecule has 30 rings (SSSR count). The van der Waals surface area contributed by atoms with E-state index in [1.165, 1.54) is 117 Å². The molecule has 11 nitrogen and oxygen atoms in total. The summed E-state index contributed by atoms with van der Waals surface area (Å²) in [6.45, 7) is 4.61. The molecule has 0 saturated heterocycles. The van der Waals surface area contributed by atoms with Gasteiger partial charge in [-0.1, -0.05) is 348 Å². The van der Waals surface area contributed by atoms with Crippen LogP contribution in [0.25, 0.3) is 260 Å². The number of hydrogen-bond donors (Lipinski definition) is 0. The average molecular weight is 1920 g/mol. The largest absolute Gasteiger partial charge is 0.309 e. The highest BCUT2D eigenvalue weighted by Crippen LogP contribution is 2.46. The van der Waals surface area contributed by atoms with Gasteiger partial charge < -0.3 is 32.0 Å². The van der Waals surface area contributed by atoms with E-state index in [2.05, 4.69) is 543 Å². The first-order valence-corrected chi connectivity index (χ1v) is 51.7. The topological polar surface area (TPSA) is 86.1 Å². The van der Waals surface area contributed by atoms with Crippen molar-refractivity contribution in [2.24, 2.45) is 5.92 Å². The van der Waals surface area contributed by atoms with E-state index in [0.29, 0.717) is 5.92 Å². The van der Waals surface area contributed by atoms with E-state index in [4.69, 9.17) is 19.9 Å². The summed E-state index contributed by atoms with van der Waals surface area (Å²) in [7, 11) is 0. The predicted molar refractivity (Wildman–Crippen MR) is 627 cm³/mol. The first-order valence-electron chi connectivity index (χ1n) is 51.7. The monoisotopic (exact) mass is 1920 g/mol. The van der Waals surface area contributed by atoms with Gasteiger partial charge in [-0.3, -0.25) is 0 Å². The number of rotatable bonds is 16. The van der Waals surface area contributed by atoms with Gasteiger partial charge in [-0.05, 0) is 234 Å². The van der Waals surface area contributed by atoms with Gasteiger partial charge in [0.1, 0.15) is 0 Å². The zero-order valence-corrected chi connectivity index (χ0v) is 82.6. The number of benzene rings is 19. The summed E-state index contributed by atoms with van der Waals surface area (Å²) in [5, 5.41) is 12.1. The Morgan fingerprint density at radius 1 is 0.160 bits per heavy atom. The Kier molecular flexibility index (Phi) is 21.7. The van der Waals surface area contributed by atoms with E-state index in [-0.39, 0.29) is 0 Å². The first-order chi connectivity index (χ1) is 74.3. The maximum Gasteiger partial charge on any atom is 0.0971 e. The van der Waals surface area contributed by atoms with Gasteiger partial charge in [0.2, 0.25) is 0 Å². The summed E-state index contributed by atoms with van der Waals surface area (Å²) in [4.78, 5) is 21.0. The highest BCUT2D eigenvalue weighted by molar-refractivity contribution is 6.17. The normalized spacial score (nSPS) is 12.0. The van der Waals surface area contributed by atoms with Gasteiger partial charge in [-0.15, -0.1) is 0 Å². The molecule has 19 aromatic carbocycles. The highest BCUT2D eigenvalue weighted by Gasteiger charge is 2.26. The second-order valence-electron chi connectivity index (χ2n) is 39.2. The Morgan fingerprint density at radius 3 is 0.767 bits per heavy atom. The van der Waals surface area contributed by atoms with Crippen LogP contribution in [-0.4, -0.2) is 51.9 Å². The second-order valence-corrected chi connectivity index (χ2v) is 39.2. The van der Waals surface area contributed by atoms with Crippen molar-refractivity contribution in [2.75, 3.05) is 0 Å². The van der Waals surface area contributed by atoms with E-state index in [0.717, 1.165) is 162 Å². The maximum atomic E-state index is 5.35. The number of para-hydroxylation sites is 6. The third-order valence-electron chi connectivity index (χ3n) is 30.3. The van der Waals surface area contributed by atoms with Crippen LogP contribution in [0.1, 0.15) is 25.8 Å². The van der Waals surface area contributed by atoms with Crippen LogP contribution in [0.3, 0.4) is 0 Å². The number of hydrogen-bond acceptors (Lipinski definition) is 4. The van der Waals surface area contributed by atoms with Crippen LogP contribution < -0.4 is 0 Å². The summed E-state index contributed by atoms with van der Waals surface area (Å²) >= 11 is 0. The van der Waals surface area contributed by atoms with Crippen LogP contribution in [0.4, 0.5) is 0 Å². The molecule has 1 unspecified atom stereocenters. The molecule has 0 amide bonds. The van der Waals surface area contributed by atoms with Crippen LogP contribution in [0.2, 0.25) is 0 Å². The summed E-state index contributed by atoms with van der Waals surface area (Å²) < 4.78 is 16.7. The van der Waals surface area contributed by atoms with Crippen molar-refractivity contribution in [3.05, 3.63) is 527 Å². The molecule has 11 aromatic heterocycles. The molecule has 11 heterocycles. The maximum absolute atomic E-state index is 5.35. The van der Waals surface area contributed by atoms with E-state index in [1.807, 2.05) is 24.3 Å². The molecule has 0 bridgehead atoms. The molecule has 0 radical (unpaired) electrons. The lowest BCUT2D eigenvalue weighted by Gasteiger charge is -2.13. The standard InChI is InChI=1S/C52H34N4.C47H37N3.C40H26N4/c1-5-14-35(15-6-1)39-25-29-47-44(32-39)52-49(31-28-46(54-52)38-20-11-4-12-21-38)55(47)41-22-13-23-42(34-41)56-48-30-27-45(37-18-9-3-10-19-37)53-51(48)43-26-24-40(33-50(43)56)36-16-7-2-8-17-36;1-3-31(2)28-32-20-22-33(23-21-32)48-46-26-24-34(49-42-16-8-4-12-36(42)37-13-5-9-17-43(37)49)29-40(46)41-30-35(25-27-47(41)48)50-44-18-10-6-14-38(44)39-15-7-11-19-45(39)50;1-3-12-27(13-4-1)33-22-24-37-39(41-33)31-18-7-9-20-35(31)43(37)29-16-11-17-30(26-29)44-36-21-10-8-19-32(36)40-38(44)25-23-34(42-40)28-14-5-2-6-15-28/h1-34H;4-27,29-31H,3,28H2,1-2H3;1-26H. The molecule has 0 saturated carbocycles. The van der Waals surface area contributed by atoms with Crippen molar-refractivity contribution >= 4 is 153 Å². The first kappa shape index (κ1) is 88.1. The third-order valence-corrected chi connectivity index (χ3v) is 30.3. The van der Waals surface area contributed by atoms with Crippen LogP contribution >= 0.6 is 0 Å². The lowest BCUT2D eigenvalue weighted by molar-refractivity contribution is 0.560. The SMILES string of the molecule is CCC(C)Cc1ccc(-n2c3ccc(-n4c5ccccc5c5ccccc54)cc3c3cc(-n4c5ccccc5c5ccccc54)ccc32)cc1.c1ccc(-c2ccc3c(c2)c2nc(-c4ccccc4)ccc2n3-c2cccc(-n3c4cc(-c5ccccc5)ccc4c4nc(-c5ccccc5)ccc43)c2)cc1.c1ccc(-c2ccc3c(n2)c2ccccc2n3-c2cccc(-n3c4ccccc4c4nc(-c5ccccc5)ccc43)c2)cc1. The van der Waals surface area contributed by atoms with Crippen molar-refractivity contribution in [3.63, 3.8) is 0 Å². The molecule has 11 heteroatoms. The van der Waals surface area contributed by atoms with E-state index < -0.39 is 0 Å². The molecule has 0 aliphatic rings. The molecule has 0 aliphatic heterocycles. The molecule has 0 aliphatic carbocycles. The van der Waals surface area contributed by atoms with Gasteiger partial charge >= 0.3 is 0 Å². The molecule has 708 valence electrons. The van der Waals surface area contributed by atoms with Gasteiger partial charge in [-0.2, -0.15) is 0 Å². The number of aromatic nitrogens is 11.